The van der Waals surface area contributed by atoms with Gasteiger partial charge < -0.3 is 4.74 Å². The van der Waals surface area contributed by atoms with Crippen LogP contribution in [-0.4, -0.2) is 30.2 Å². The Bertz CT molecular complexity index is 334. The van der Waals surface area contributed by atoms with E-state index in [1.54, 1.807) is 0 Å². The third kappa shape index (κ3) is 9.73. The maximum absolute atomic E-state index is 9.60. The van der Waals surface area contributed by atoms with Crippen molar-refractivity contribution in [2.24, 2.45) is 9.98 Å². The van der Waals surface area contributed by atoms with E-state index in [-0.39, 0.29) is 5.60 Å². The van der Waals surface area contributed by atoms with E-state index < -0.39 is 0 Å². The van der Waals surface area contributed by atoms with Crippen LogP contribution in [0.25, 0.3) is 0 Å². The molecule has 0 aromatic heterocycles. The summed E-state index contributed by atoms with van der Waals surface area (Å²) in [6.45, 7) is 5.92. The quantitative estimate of drug-likeness (QED) is 0.556. The molecular weight excluding hydrogens is 276 g/mol. The van der Waals surface area contributed by atoms with Crippen LogP contribution in [-0.2, 0) is 9.53 Å². The Labute approximate surface area is 135 Å². The highest BCUT2D eigenvalue weighted by molar-refractivity contribution is 5.42. The second-order valence-electron chi connectivity index (χ2n) is 7.27. The van der Waals surface area contributed by atoms with Gasteiger partial charge >= 0.3 is 0 Å². The Morgan fingerprint density at radius 2 is 1.27 bits per heavy atom. The highest BCUT2D eigenvalue weighted by atomic mass is 16.5. The zero-order chi connectivity index (χ0) is 16.3. The molecule has 4 nitrogen and oxygen atoms in total. The summed E-state index contributed by atoms with van der Waals surface area (Å²) in [5.74, 6) is 0. The van der Waals surface area contributed by atoms with Crippen molar-refractivity contribution in [1.29, 1.82) is 0 Å². The molecule has 0 saturated heterocycles. The molecule has 0 heterocycles. The monoisotopic (exact) mass is 308 g/mol. The first-order valence-corrected chi connectivity index (χ1v) is 8.77. The summed E-state index contributed by atoms with van der Waals surface area (Å²) in [5.41, 5.74) is -0.318. The third-order valence-corrected chi connectivity index (χ3v) is 4.03. The van der Waals surface area contributed by atoms with E-state index in [0.717, 1.165) is 0 Å². The van der Waals surface area contributed by atoms with Crippen LogP contribution >= 0.6 is 0 Å². The lowest BCUT2D eigenvalue weighted by atomic mass is 9.96. The lowest BCUT2D eigenvalue weighted by Crippen LogP contribution is -2.17. The molecule has 2 fully saturated rings. The number of hydrogen-bond acceptors (Lipinski definition) is 4. The normalized spacial score (nSPS) is 20.1. The highest BCUT2D eigenvalue weighted by Gasteiger charge is 2.12. The Hall–Kier alpha value is -1.15. The third-order valence-electron chi connectivity index (χ3n) is 4.03. The summed E-state index contributed by atoms with van der Waals surface area (Å²) in [6, 6.07) is 4.04. The number of rotatable bonds is 3. The van der Waals surface area contributed by atoms with E-state index in [9.17, 15) is 4.79 Å². The minimum absolute atomic E-state index is 0.318. The molecule has 0 radical (unpaired) electrons. The number of aliphatic imine (C=N–C) groups is 2. The summed E-state index contributed by atoms with van der Waals surface area (Å²) < 4.78 is 4.55. The molecule has 2 aliphatic rings. The molecule has 0 spiro atoms. The van der Waals surface area contributed by atoms with Crippen LogP contribution in [0.15, 0.2) is 9.98 Å². The lowest BCUT2D eigenvalue weighted by Gasteiger charge is -2.17. The average molecular weight is 308 g/mol. The van der Waals surface area contributed by atoms with Crippen molar-refractivity contribution < 1.29 is 9.53 Å². The van der Waals surface area contributed by atoms with Crippen molar-refractivity contribution in [2.75, 3.05) is 0 Å². The molecule has 0 unspecified atom stereocenters. The Morgan fingerprint density at radius 1 is 0.864 bits per heavy atom. The van der Waals surface area contributed by atoms with Gasteiger partial charge in [-0.3, -0.25) is 4.79 Å². The fraction of sp³-hybridized carbons (Fsp3) is 0.889. The van der Waals surface area contributed by atoms with E-state index >= 15 is 0 Å². The van der Waals surface area contributed by atoms with Gasteiger partial charge in [0.1, 0.15) is 5.60 Å². The predicted molar refractivity (Wildman–Crippen MR) is 90.5 cm³/mol. The predicted octanol–water partition coefficient (Wildman–Crippen LogP) is 4.78. The van der Waals surface area contributed by atoms with Crippen LogP contribution in [0.4, 0.5) is 0 Å². The van der Waals surface area contributed by atoms with Crippen LogP contribution in [0.2, 0.25) is 0 Å². The molecule has 0 bridgehead atoms. The van der Waals surface area contributed by atoms with Gasteiger partial charge in [0.25, 0.3) is 6.47 Å². The fourth-order valence-corrected chi connectivity index (χ4v) is 2.76. The fourth-order valence-electron chi connectivity index (χ4n) is 2.76. The minimum atomic E-state index is -0.318. The molecule has 22 heavy (non-hydrogen) atoms. The van der Waals surface area contributed by atoms with Gasteiger partial charge in [-0.05, 0) is 46.5 Å². The summed E-state index contributed by atoms with van der Waals surface area (Å²) in [6.07, 6.45) is 13.2. The van der Waals surface area contributed by atoms with Crippen molar-refractivity contribution in [3.05, 3.63) is 0 Å². The molecule has 0 atom stereocenters. The molecular formula is C18H32N2O2. The van der Waals surface area contributed by atoms with Crippen molar-refractivity contribution in [1.82, 2.24) is 0 Å². The second kappa shape index (κ2) is 10.6. The average Bonchev–Trinajstić information content (AvgIpc) is 2.49. The molecule has 0 aromatic rings. The summed E-state index contributed by atoms with van der Waals surface area (Å²) in [7, 11) is 0. The minimum Gasteiger partial charge on any atom is -0.462 e. The molecule has 0 N–H and O–H groups in total. The summed E-state index contributed by atoms with van der Waals surface area (Å²) in [4.78, 5) is 18.5. The molecule has 2 saturated carbocycles. The SMILES string of the molecule is C(=NC1CCCCC1)=NC1CCCCC1.CC(C)(C)OC=O. The van der Waals surface area contributed by atoms with Gasteiger partial charge in [0, 0.05) is 0 Å². The van der Waals surface area contributed by atoms with E-state index in [0.29, 0.717) is 18.6 Å². The van der Waals surface area contributed by atoms with Gasteiger partial charge in [0.15, 0.2) is 0 Å². The van der Waals surface area contributed by atoms with Gasteiger partial charge in [0.05, 0.1) is 18.1 Å². The number of carbonyl (C=O) groups is 1. The zero-order valence-electron chi connectivity index (χ0n) is 14.5. The maximum atomic E-state index is 9.60. The van der Waals surface area contributed by atoms with Gasteiger partial charge in [0.2, 0.25) is 0 Å². The van der Waals surface area contributed by atoms with E-state index in [1.165, 1.54) is 64.2 Å². The van der Waals surface area contributed by atoms with Gasteiger partial charge in [-0.2, -0.15) is 0 Å². The number of carbonyl (C=O) groups excluding carboxylic acids is 1. The standard InChI is InChI=1S/C13H22N2.C5H10O2/c1-3-7-12(8-4-1)14-11-15-13-9-5-2-6-10-13;1-5(2,3)7-4-6/h12-13H,1-10H2;4H,1-3H3. The number of nitrogens with zero attached hydrogens (tertiary/aromatic N) is 2. The lowest BCUT2D eigenvalue weighted by molar-refractivity contribution is -0.138. The smallest absolute Gasteiger partial charge is 0.293 e. The van der Waals surface area contributed by atoms with Gasteiger partial charge in [-0.15, -0.1) is 0 Å². The van der Waals surface area contributed by atoms with Crippen molar-refractivity contribution in [3.8, 4) is 0 Å². The molecule has 2 aliphatic carbocycles. The van der Waals surface area contributed by atoms with Crippen molar-refractivity contribution in [2.45, 2.75) is 103 Å². The summed E-state index contributed by atoms with van der Waals surface area (Å²) in [5, 5.41) is 0. The molecule has 4 heteroatoms. The van der Waals surface area contributed by atoms with Crippen LogP contribution in [0.1, 0.15) is 85.0 Å². The first-order chi connectivity index (χ1) is 10.5. The Balaban J connectivity index is 0.000000295. The Kier molecular flexibility index (Phi) is 9.07. The number of ether oxygens (including phenoxy) is 1. The van der Waals surface area contributed by atoms with Crippen LogP contribution in [0.5, 0.6) is 0 Å². The summed E-state index contributed by atoms with van der Waals surface area (Å²) >= 11 is 0. The molecule has 0 aliphatic heterocycles. The van der Waals surface area contributed by atoms with E-state index in [2.05, 4.69) is 20.7 Å². The van der Waals surface area contributed by atoms with Crippen molar-refractivity contribution in [3.63, 3.8) is 0 Å². The van der Waals surface area contributed by atoms with Crippen molar-refractivity contribution >= 4 is 12.5 Å². The van der Waals surface area contributed by atoms with E-state index in [4.69, 9.17) is 0 Å². The molecule has 2 rings (SSSR count). The topological polar surface area (TPSA) is 51.0 Å². The molecule has 0 aromatic carbocycles. The van der Waals surface area contributed by atoms with Crippen LogP contribution < -0.4 is 0 Å². The molecule has 0 amide bonds. The highest BCUT2D eigenvalue weighted by Crippen LogP contribution is 2.21. The first-order valence-electron chi connectivity index (χ1n) is 8.77. The zero-order valence-corrected chi connectivity index (χ0v) is 14.5. The van der Waals surface area contributed by atoms with Crippen LogP contribution in [0.3, 0.4) is 0 Å². The second-order valence-corrected chi connectivity index (χ2v) is 7.27. The number of hydrogen-bond donors (Lipinski definition) is 0. The Morgan fingerprint density at radius 3 is 1.55 bits per heavy atom. The molecule has 126 valence electrons. The van der Waals surface area contributed by atoms with Gasteiger partial charge in [-0.25, -0.2) is 9.98 Å². The largest absolute Gasteiger partial charge is 0.462 e. The van der Waals surface area contributed by atoms with Gasteiger partial charge in [-0.1, -0.05) is 38.5 Å². The first kappa shape index (κ1) is 18.9. The van der Waals surface area contributed by atoms with E-state index in [1.807, 2.05) is 20.8 Å². The van der Waals surface area contributed by atoms with Crippen LogP contribution in [0, 0.1) is 0 Å². The maximum Gasteiger partial charge on any atom is 0.293 e.